The summed E-state index contributed by atoms with van der Waals surface area (Å²) in [6.07, 6.45) is 2.88. The first-order valence-electron chi connectivity index (χ1n) is 6.13. The maximum atomic E-state index is 13.2. The topological polar surface area (TPSA) is 38.0 Å². The maximum Gasteiger partial charge on any atom is 0.137 e. The van der Waals surface area contributed by atoms with Crippen molar-refractivity contribution in [2.24, 2.45) is 0 Å². The summed E-state index contributed by atoms with van der Waals surface area (Å²) < 4.78 is 15.4. The molecule has 0 spiro atoms. The number of aliphatic hydroxyl groups is 1. The zero-order valence-electron chi connectivity index (χ0n) is 10.8. The van der Waals surface area contributed by atoms with E-state index in [9.17, 15) is 9.50 Å². The SMILES string of the molecule is CC(C)c1nccn1C[C@@H](O)c1ccc(F)c(Br)c1. The van der Waals surface area contributed by atoms with E-state index >= 15 is 0 Å². The summed E-state index contributed by atoms with van der Waals surface area (Å²) in [4.78, 5) is 4.28. The van der Waals surface area contributed by atoms with E-state index in [0.717, 1.165) is 5.82 Å². The molecule has 0 aliphatic heterocycles. The highest BCUT2D eigenvalue weighted by atomic mass is 79.9. The van der Waals surface area contributed by atoms with E-state index in [1.54, 1.807) is 18.3 Å². The molecule has 0 fully saturated rings. The number of rotatable bonds is 4. The Hall–Kier alpha value is -1.20. The van der Waals surface area contributed by atoms with Crippen LogP contribution in [0.4, 0.5) is 4.39 Å². The Labute approximate surface area is 120 Å². The monoisotopic (exact) mass is 326 g/mol. The number of halogens is 2. The summed E-state index contributed by atoms with van der Waals surface area (Å²) in [6.45, 7) is 4.52. The minimum Gasteiger partial charge on any atom is -0.387 e. The Balaban J connectivity index is 2.18. The van der Waals surface area contributed by atoms with Crippen LogP contribution in [-0.4, -0.2) is 14.7 Å². The molecule has 1 N–H and O–H groups in total. The van der Waals surface area contributed by atoms with Crippen molar-refractivity contribution in [2.45, 2.75) is 32.4 Å². The molecule has 3 nitrogen and oxygen atoms in total. The summed E-state index contributed by atoms with van der Waals surface area (Å²) in [6, 6.07) is 4.54. The van der Waals surface area contributed by atoms with E-state index < -0.39 is 6.10 Å². The van der Waals surface area contributed by atoms with Crippen LogP contribution < -0.4 is 0 Å². The van der Waals surface area contributed by atoms with Gasteiger partial charge in [-0.1, -0.05) is 19.9 Å². The molecule has 0 unspecified atom stereocenters. The lowest BCUT2D eigenvalue weighted by atomic mass is 10.1. The van der Waals surface area contributed by atoms with Gasteiger partial charge in [-0.15, -0.1) is 0 Å². The lowest BCUT2D eigenvalue weighted by Crippen LogP contribution is -2.12. The van der Waals surface area contributed by atoms with Crippen molar-refractivity contribution in [3.05, 3.63) is 52.3 Å². The van der Waals surface area contributed by atoms with Gasteiger partial charge < -0.3 is 9.67 Å². The third kappa shape index (κ3) is 3.22. The average molecular weight is 327 g/mol. The molecule has 0 radical (unpaired) electrons. The molecule has 1 heterocycles. The van der Waals surface area contributed by atoms with E-state index in [0.29, 0.717) is 22.5 Å². The van der Waals surface area contributed by atoms with Gasteiger partial charge in [-0.2, -0.15) is 0 Å². The van der Waals surface area contributed by atoms with Gasteiger partial charge in [0, 0.05) is 18.3 Å². The molecular weight excluding hydrogens is 311 g/mol. The molecule has 19 heavy (non-hydrogen) atoms. The highest BCUT2D eigenvalue weighted by molar-refractivity contribution is 9.10. The van der Waals surface area contributed by atoms with Crippen LogP contribution in [0.3, 0.4) is 0 Å². The van der Waals surface area contributed by atoms with Crippen LogP contribution in [0.1, 0.15) is 37.3 Å². The fraction of sp³-hybridized carbons (Fsp3) is 0.357. The minimum absolute atomic E-state index is 0.294. The molecule has 0 saturated heterocycles. The van der Waals surface area contributed by atoms with Crippen molar-refractivity contribution in [1.82, 2.24) is 9.55 Å². The first-order chi connectivity index (χ1) is 8.99. The van der Waals surface area contributed by atoms with Gasteiger partial charge in [0.05, 0.1) is 17.1 Å². The number of aliphatic hydroxyl groups excluding tert-OH is 1. The highest BCUT2D eigenvalue weighted by Crippen LogP contribution is 2.23. The lowest BCUT2D eigenvalue weighted by Gasteiger charge is -2.15. The van der Waals surface area contributed by atoms with Gasteiger partial charge in [-0.25, -0.2) is 9.37 Å². The van der Waals surface area contributed by atoms with Crippen LogP contribution in [0.5, 0.6) is 0 Å². The molecule has 5 heteroatoms. The molecule has 1 aromatic heterocycles. The average Bonchev–Trinajstić information content (AvgIpc) is 2.80. The normalized spacial score (nSPS) is 12.9. The summed E-state index contributed by atoms with van der Waals surface area (Å²) >= 11 is 3.12. The Morgan fingerprint density at radius 3 is 2.79 bits per heavy atom. The number of hydrogen-bond donors (Lipinski definition) is 1. The van der Waals surface area contributed by atoms with Crippen LogP contribution in [0.15, 0.2) is 35.1 Å². The highest BCUT2D eigenvalue weighted by Gasteiger charge is 2.14. The van der Waals surface area contributed by atoms with Gasteiger partial charge in [0.1, 0.15) is 11.6 Å². The van der Waals surface area contributed by atoms with Gasteiger partial charge in [-0.05, 0) is 33.6 Å². The minimum atomic E-state index is -0.691. The quantitative estimate of drug-likeness (QED) is 0.931. The molecule has 0 aliphatic carbocycles. The molecule has 0 aliphatic rings. The standard InChI is InChI=1S/C14H16BrFN2O/c1-9(2)14-17-5-6-18(14)8-13(19)10-3-4-12(16)11(15)7-10/h3-7,9,13,19H,8H2,1-2H3/t13-/m1/s1. The van der Waals surface area contributed by atoms with Crippen LogP contribution in [0.25, 0.3) is 0 Å². The van der Waals surface area contributed by atoms with Crippen molar-refractivity contribution in [1.29, 1.82) is 0 Å². The summed E-state index contributed by atoms with van der Waals surface area (Å²) in [5.41, 5.74) is 0.677. The molecule has 1 atom stereocenters. The predicted octanol–water partition coefficient (Wildman–Crippen LogP) is 3.64. The Bertz CT molecular complexity index is 568. The Kier molecular flexibility index (Phi) is 4.37. The number of nitrogens with zero attached hydrogens (tertiary/aromatic N) is 2. The Morgan fingerprint density at radius 1 is 1.42 bits per heavy atom. The molecule has 0 saturated carbocycles. The van der Waals surface area contributed by atoms with E-state index in [2.05, 4.69) is 34.8 Å². The molecule has 0 amide bonds. The second-order valence-corrected chi connectivity index (χ2v) is 5.64. The second-order valence-electron chi connectivity index (χ2n) is 4.78. The summed E-state index contributed by atoms with van der Waals surface area (Å²) in [5.74, 6) is 0.892. The fourth-order valence-electron chi connectivity index (χ4n) is 1.99. The van der Waals surface area contributed by atoms with E-state index in [-0.39, 0.29) is 5.82 Å². The zero-order valence-corrected chi connectivity index (χ0v) is 12.4. The number of hydrogen-bond acceptors (Lipinski definition) is 2. The molecule has 1 aromatic carbocycles. The predicted molar refractivity (Wildman–Crippen MR) is 75.4 cm³/mol. The molecule has 102 valence electrons. The summed E-state index contributed by atoms with van der Waals surface area (Å²) in [7, 11) is 0. The second kappa shape index (κ2) is 5.84. The van der Waals surface area contributed by atoms with Gasteiger partial charge in [0.2, 0.25) is 0 Å². The molecule has 2 aromatic rings. The van der Waals surface area contributed by atoms with E-state index in [1.165, 1.54) is 6.07 Å². The Morgan fingerprint density at radius 2 is 2.16 bits per heavy atom. The number of benzene rings is 1. The largest absolute Gasteiger partial charge is 0.387 e. The lowest BCUT2D eigenvalue weighted by molar-refractivity contribution is 0.154. The number of imidazole rings is 1. The van der Waals surface area contributed by atoms with E-state index in [1.807, 2.05) is 10.8 Å². The van der Waals surface area contributed by atoms with E-state index in [4.69, 9.17) is 0 Å². The number of aromatic nitrogens is 2. The van der Waals surface area contributed by atoms with Crippen molar-refractivity contribution in [3.63, 3.8) is 0 Å². The molecule has 2 rings (SSSR count). The van der Waals surface area contributed by atoms with Gasteiger partial charge >= 0.3 is 0 Å². The molecular formula is C14H16BrFN2O. The third-order valence-electron chi connectivity index (χ3n) is 2.96. The third-order valence-corrected chi connectivity index (χ3v) is 3.57. The smallest absolute Gasteiger partial charge is 0.137 e. The van der Waals surface area contributed by atoms with Crippen LogP contribution >= 0.6 is 15.9 Å². The van der Waals surface area contributed by atoms with Gasteiger partial charge in [0.25, 0.3) is 0 Å². The van der Waals surface area contributed by atoms with Crippen molar-refractivity contribution in [2.75, 3.05) is 0 Å². The van der Waals surface area contributed by atoms with Crippen LogP contribution in [0.2, 0.25) is 0 Å². The van der Waals surface area contributed by atoms with Crippen molar-refractivity contribution >= 4 is 15.9 Å². The first kappa shape index (κ1) is 14.2. The van der Waals surface area contributed by atoms with Gasteiger partial charge in [-0.3, -0.25) is 0 Å². The van der Waals surface area contributed by atoms with Crippen molar-refractivity contribution in [3.8, 4) is 0 Å². The maximum absolute atomic E-state index is 13.2. The fourth-order valence-corrected chi connectivity index (χ4v) is 2.38. The zero-order chi connectivity index (χ0) is 14.0. The summed E-state index contributed by atoms with van der Waals surface area (Å²) in [5, 5.41) is 10.2. The first-order valence-corrected chi connectivity index (χ1v) is 6.92. The van der Waals surface area contributed by atoms with Crippen molar-refractivity contribution < 1.29 is 9.50 Å². The van der Waals surface area contributed by atoms with Crippen LogP contribution in [-0.2, 0) is 6.54 Å². The van der Waals surface area contributed by atoms with Crippen LogP contribution in [0, 0.1) is 5.82 Å². The van der Waals surface area contributed by atoms with Gasteiger partial charge in [0.15, 0.2) is 0 Å². The molecule has 0 bridgehead atoms.